The molecule has 1 aromatic rings. The average molecular weight is 363 g/mol. The second kappa shape index (κ2) is 8.32. The maximum Gasteiger partial charge on any atom is 0.321 e. The number of imide groups is 1. The van der Waals surface area contributed by atoms with E-state index in [2.05, 4.69) is 5.32 Å². The lowest BCUT2D eigenvalue weighted by Crippen LogP contribution is -2.44. The van der Waals surface area contributed by atoms with E-state index in [1.54, 1.807) is 24.3 Å². The van der Waals surface area contributed by atoms with Gasteiger partial charge in [-0.05, 0) is 19.1 Å². The van der Waals surface area contributed by atoms with E-state index in [-0.39, 0.29) is 18.9 Å². The summed E-state index contributed by atoms with van der Waals surface area (Å²) >= 11 is 0. The fourth-order valence-electron chi connectivity index (χ4n) is 2.55. The van der Waals surface area contributed by atoms with Gasteiger partial charge in [-0.15, -0.1) is 0 Å². The highest BCUT2D eigenvalue weighted by Crippen LogP contribution is 2.33. The lowest BCUT2D eigenvalue weighted by atomic mass is 10.1. The molecule has 4 amide bonds. The first-order valence-electron chi connectivity index (χ1n) is 8.03. The Kier molecular flexibility index (Phi) is 6.16. The number of nitrogens with one attached hydrogen (secondary N) is 2. The van der Waals surface area contributed by atoms with E-state index in [0.29, 0.717) is 11.4 Å². The third-order valence-electron chi connectivity index (χ3n) is 3.96. The van der Waals surface area contributed by atoms with Gasteiger partial charge in [-0.1, -0.05) is 12.1 Å². The Morgan fingerprint density at radius 3 is 2.62 bits per heavy atom. The second-order valence-electron chi connectivity index (χ2n) is 5.72. The van der Waals surface area contributed by atoms with Gasteiger partial charge >= 0.3 is 12.0 Å². The Labute approximate surface area is 150 Å². The Morgan fingerprint density at radius 1 is 1.27 bits per heavy atom. The summed E-state index contributed by atoms with van der Waals surface area (Å²) < 4.78 is 10.3. The number of nitrogens with zero attached hydrogens (tertiary/aromatic N) is 1. The average Bonchev–Trinajstić information content (AvgIpc) is 3.03. The number of methoxy groups -OCH3 is 1. The minimum Gasteiger partial charge on any atom is -0.495 e. The fraction of sp³-hybridized carbons (Fsp3) is 0.412. The van der Waals surface area contributed by atoms with E-state index in [1.807, 2.05) is 5.32 Å². The summed E-state index contributed by atoms with van der Waals surface area (Å²) in [7, 11) is 2.85. The van der Waals surface area contributed by atoms with Crippen LogP contribution in [0.3, 0.4) is 0 Å². The molecule has 1 heterocycles. The first-order chi connectivity index (χ1) is 12.4. The van der Waals surface area contributed by atoms with Crippen LogP contribution in [-0.2, 0) is 19.1 Å². The number of hydrogen-bond donors (Lipinski definition) is 2. The van der Waals surface area contributed by atoms with Gasteiger partial charge in [0, 0.05) is 20.0 Å². The molecule has 0 aromatic heterocycles. The molecule has 1 aliphatic rings. The summed E-state index contributed by atoms with van der Waals surface area (Å²) in [6.45, 7) is 1.48. The molecule has 0 radical (unpaired) electrons. The molecule has 1 aliphatic heterocycles. The molecule has 0 spiro atoms. The summed E-state index contributed by atoms with van der Waals surface area (Å²) in [5.41, 5.74) is 0.570. The Hall–Kier alpha value is -3.10. The molecule has 0 bridgehead atoms. The van der Waals surface area contributed by atoms with Gasteiger partial charge in [0.05, 0.1) is 18.7 Å². The zero-order valence-electron chi connectivity index (χ0n) is 14.8. The molecule has 140 valence electrons. The van der Waals surface area contributed by atoms with E-state index < -0.39 is 29.9 Å². The zero-order chi connectivity index (χ0) is 19.3. The highest BCUT2D eigenvalue weighted by Gasteiger charge is 2.38. The van der Waals surface area contributed by atoms with E-state index in [1.165, 1.54) is 26.0 Å². The van der Waals surface area contributed by atoms with Gasteiger partial charge in [-0.2, -0.15) is 0 Å². The van der Waals surface area contributed by atoms with E-state index >= 15 is 0 Å². The largest absolute Gasteiger partial charge is 0.495 e. The van der Waals surface area contributed by atoms with Crippen LogP contribution in [0.25, 0.3) is 0 Å². The monoisotopic (exact) mass is 363 g/mol. The normalized spacial score (nSPS) is 17.4. The summed E-state index contributed by atoms with van der Waals surface area (Å²) in [5.74, 6) is -1.84. The quantitative estimate of drug-likeness (QED) is 0.734. The van der Waals surface area contributed by atoms with Gasteiger partial charge in [-0.3, -0.25) is 19.7 Å². The summed E-state index contributed by atoms with van der Waals surface area (Å²) in [4.78, 5) is 48.9. The van der Waals surface area contributed by atoms with Crippen molar-refractivity contribution in [3.8, 4) is 5.75 Å². The van der Waals surface area contributed by atoms with Crippen molar-refractivity contribution in [3.05, 3.63) is 24.3 Å². The van der Waals surface area contributed by atoms with Crippen molar-refractivity contribution in [1.29, 1.82) is 0 Å². The number of urea groups is 1. The van der Waals surface area contributed by atoms with Crippen LogP contribution < -0.4 is 20.3 Å². The summed E-state index contributed by atoms with van der Waals surface area (Å²) in [6, 6.07) is 6.29. The standard InChI is InChI=1S/C17H21N3O6/c1-10(15(22)19-17(24)18-2)26-16(23)11-8-14(21)20(9-11)12-6-4-5-7-13(12)25-3/h4-7,10-11H,8-9H2,1-3H3,(H2,18,19,22,24)/t10-,11-/m1/s1. The SMILES string of the molecule is CNC(=O)NC(=O)[C@@H](C)OC(=O)[C@@H]1CC(=O)N(c2ccccc2OC)C1. The van der Waals surface area contributed by atoms with Crippen molar-refractivity contribution in [2.24, 2.45) is 5.92 Å². The minimum atomic E-state index is -1.16. The van der Waals surface area contributed by atoms with E-state index in [9.17, 15) is 19.2 Å². The maximum absolute atomic E-state index is 12.3. The fourth-order valence-corrected chi connectivity index (χ4v) is 2.55. The second-order valence-corrected chi connectivity index (χ2v) is 5.72. The number of para-hydroxylation sites is 2. The smallest absolute Gasteiger partial charge is 0.321 e. The van der Waals surface area contributed by atoms with Crippen LogP contribution in [0.15, 0.2) is 24.3 Å². The van der Waals surface area contributed by atoms with Gasteiger partial charge in [0.2, 0.25) is 5.91 Å². The van der Waals surface area contributed by atoms with Crippen molar-refractivity contribution >= 4 is 29.5 Å². The predicted octanol–water partition coefficient (Wildman–Crippen LogP) is 0.435. The molecule has 0 aliphatic carbocycles. The molecule has 9 nitrogen and oxygen atoms in total. The zero-order valence-corrected chi connectivity index (χ0v) is 14.8. The summed E-state index contributed by atoms with van der Waals surface area (Å²) in [5, 5.41) is 4.25. The highest BCUT2D eigenvalue weighted by molar-refractivity contribution is 6.01. The Bertz CT molecular complexity index is 720. The van der Waals surface area contributed by atoms with Gasteiger partial charge in [0.25, 0.3) is 5.91 Å². The Morgan fingerprint density at radius 2 is 1.96 bits per heavy atom. The molecule has 1 saturated heterocycles. The molecule has 1 aromatic carbocycles. The van der Waals surface area contributed by atoms with Crippen LogP contribution in [0.2, 0.25) is 0 Å². The first kappa shape index (κ1) is 19.2. The molecule has 2 rings (SSSR count). The molecule has 0 saturated carbocycles. The molecule has 2 N–H and O–H groups in total. The number of carbonyl (C=O) groups excluding carboxylic acids is 4. The number of hydrogen-bond acceptors (Lipinski definition) is 6. The molecule has 9 heteroatoms. The predicted molar refractivity (Wildman–Crippen MR) is 91.6 cm³/mol. The number of carbonyl (C=O) groups is 4. The van der Waals surface area contributed by atoms with Crippen LogP contribution in [0.4, 0.5) is 10.5 Å². The molecule has 1 fully saturated rings. The van der Waals surface area contributed by atoms with E-state index in [4.69, 9.17) is 9.47 Å². The van der Waals surface area contributed by atoms with Crippen molar-refractivity contribution in [1.82, 2.24) is 10.6 Å². The number of amides is 4. The van der Waals surface area contributed by atoms with Crippen LogP contribution in [0.1, 0.15) is 13.3 Å². The molecular formula is C17H21N3O6. The Balaban J connectivity index is 2.00. The third-order valence-corrected chi connectivity index (χ3v) is 3.96. The lowest BCUT2D eigenvalue weighted by molar-refractivity contribution is -0.158. The van der Waals surface area contributed by atoms with Crippen molar-refractivity contribution < 1.29 is 28.7 Å². The van der Waals surface area contributed by atoms with Crippen molar-refractivity contribution in [2.45, 2.75) is 19.4 Å². The summed E-state index contributed by atoms with van der Waals surface area (Å²) in [6.07, 6.45) is -1.18. The molecule has 0 unspecified atom stereocenters. The third kappa shape index (κ3) is 4.29. The van der Waals surface area contributed by atoms with Gasteiger partial charge in [0.1, 0.15) is 5.75 Å². The maximum atomic E-state index is 12.3. The number of anilines is 1. The van der Waals surface area contributed by atoms with Crippen LogP contribution in [-0.4, -0.2) is 50.6 Å². The topological polar surface area (TPSA) is 114 Å². The van der Waals surface area contributed by atoms with Gasteiger partial charge in [0.15, 0.2) is 6.10 Å². The number of benzene rings is 1. The van der Waals surface area contributed by atoms with Gasteiger partial charge < -0.3 is 19.7 Å². The van der Waals surface area contributed by atoms with Gasteiger partial charge in [-0.25, -0.2) is 4.79 Å². The molecule has 26 heavy (non-hydrogen) atoms. The van der Waals surface area contributed by atoms with Crippen LogP contribution in [0, 0.1) is 5.92 Å². The highest BCUT2D eigenvalue weighted by atomic mass is 16.5. The minimum absolute atomic E-state index is 0.0271. The lowest BCUT2D eigenvalue weighted by Gasteiger charge is -2.19. The first-order valence-corrected chi connectivity index (χ1v) is 8.03. The number of rotatable bonds is 5. The van der Waals surface area contributed by atoms with Crippen LogP contribution in [0.5, 0.6) is 5.75 Å². The van der Waals surface area contributed by atoms with E-state index in [0.717, 1.165) is 0 Å². The van der Waals surface area contributed by atoms with Crippen molar-refractivity contribution in [3.63, 3.8) is 0 Å². The number of ether oxygens (including phenoxy) is 2. The van der Waals surface area contributed by atoms with Crippen molar-refractivity contribution in [2.75, 3.05) is 25.6 Å². The number of esters is 1. The van der Waals surface area contributed by atoms with Crippen LogP contribution >= 0.6 is 0 Å². The molecule has 2 atom stereocenters. The molecular weight excluding hydrogens is 342 g/mol.